The van der Waals surface area contributed by atoms with Crippen LogP contribution in [0.4, 0.5) is 0 Å². The van der Waals surface area contributed by atoms with E-state index in [0.717, 1.165) is 42.3 Å². The fourth-order valence-electron chi connectivity index (χ4n) is 4.40. The lowest BCUT2D eigenvalue weighted by molar-refractivity contribution is -0.137. The van der Waals surface area contributed by atoms with Crippen molar-refractivity contribution in [2.75, 3.05) is 19.9 Å². The Morgan fingerprint density at radius 1 is 1.07 bits per heavy atom. The topological polar surface area (TPSA) is 59.0 Å². The van der Waals surface area contributed by atoms with Gasteiger partial charge in [0.1, 0.15) is 0 Å². The molecule has 1 aliphatic carbocycles. The number of carboxylic acid groups (broad SMARTS) is 1. The van der Waals surface area contributed by atoms with E-state index in [1.165, 1.54) is 24.0 Å². The van der Waals surface area contributed by atoms with Crippen molar-refractivity contribution in [1.29, 1.82) is 0 Å². The molecule has 2 heterocycles. The first-order chi connectivity index (χ1) is 14.1. The average Bonchev–Trinajstić information content (AvgIpc) is 3.31. The van der Waals surface area contributed by atoms with E-state index in [1.807, 2.05) is 18.2 Å². The molecule has 0 bridgehead atoms. The number of nitrogens with zero attached hydrogens (tertiary/aromatic N) is 1. The summed E-state index contributed by atoms with van der Waals surface area (Å²) in [5.41, 5.74) is 4.99. The standard InChI is InChI=1S/C24H23NO4/c26-23(27)2-1-11-25-14-19-7-5-17(12-20(19)24(15-25)9-10-24)3-4-18-6-8-21-22(13-18)29-16-28-21/h5-8,12-13H,1-2,9-11,14-16H2,(H,26,27). The van der Waals surface area contributed by atoms with Gasteiger partial charge in [0.25, 0.3) is 0 Å². The molecule has 2 aliphatic heterocycles. The summed E-state index contributed by atoms with van der Waals surface area (Å²) < 4.78 is 10.8. The van der Waals surface area contributed by atoms with Crippen LogP contribution in [-0.4, -0.2) is 35.9 Å². The molecule has 148 valence electrons. The van der Waals surface area contributed by atoms with Crippen LogP contribution >= 0.6 is 0 Å². The minimum atomic E-state index is -0.714. The zero-order valence-corrected chi connectivity index (χ0v) is 16.2. The Labute approximate surface area is 170 Å². The average molecular weight is 389 g/mol. The van der Waals surface area contributed by atoms with Crippen molar-refractivity contribution in [2.24, 2.45) is 0 Å². The number of benzene rings is 2. The number of carbonyl (C=O) groups is 1. The Balaban J connectivity index is 1.34. The maximum absolute atomic E-state index is 10.8. The van der Waals surface area contributed by atoms with Gasteiger partial charge < -0.3 is 14.6 Å². The Morgan fingerprint density at radius 3 is 2.62 bits per heavy atom. The van der Waals surface area contributed by atoms with E-state index in [9.17, 15) is 4.79 Å². The Morgan fingerprint density at radius 2 is 1.83 bits per heavy atom. The third-order valence-corrected chi connectivity index (χ3v) is 6.04. The van der Waals surface area contributed by atoms with E-state index >= 15 is 0 Å². The molecule has 1 spiro atoms. The van der Waals surface area contributed by atoms with E-state index < -0.39 is 5.97 Å². The minimum absolute atomic E-state index is 0.241. The monoisotopic (exact) mass is 389 g/mol. The van der Waals surface area contributed by atoms with Gasteiger partial charge in [-0.1, -0.05) is 17.9 Å². The summed E-state index contributed by atoms with van der Waals surface area (Å²) in [4.78, 5) is 13.2. The van der Waals surface area contributed by atoms with Gasteiger partial charge in [-0.3, -0.25) is 9.69 Å². The summed E-state index contributed by atoms with van der Waals surface area (Å²) in [5.74, 6) is 7.35. The van der Waals surface area contributed by atoms with Gasteiger partial charge in [-0.05, 0) is 67.3 Å². The summed E-state index contributed by atoms with van der Waals surface area (Å²) >= 11 is 0. The first kappa shape index (κ1) is 18.1. The summed E-state index contributed by atoms with van der Waals surface area (Å²) in [6.07, 6.45) is 3.35. The van der Waals surface area contributed by atoms with Crippen molar-refractivity contribution in [3.05, 3.63) is 58.7 Å². The fourth-order valence-corrected chi connectivity index (χ4v) is 4.40. The molecule has 0 unspecified atom stereocenters. The van der Waals surface area contributed by atoms with Gasteiger partial charge in [0.2, 0.25) is 6.79 Å². The van der Waals surface area contributed by atoms with Crippen molar-refractivity contribution < 1.29 is 19.4 Å². The number of hydrogen-bond acceptors (Lipinski definition) is 4. The molecular weight excluding hydrogens is 366 g/mol. The zero-order valence-electron chi connectivity index (χ0n) is 16.2. The highest BCUT2D eigenvalue weighted by molar-refractivity contribution is 5.66. The molecule has 5 rings (SSSR count). The molecule has 5 heteroatoms. The third kappa shape index (κ3) is 3.68. The highest BCUT2D eigenvalue weighted by Gasteiger charge is 2.48. The van der Waals surface area contributed by atoms with Gasteiger partial charge in [-0.2, -0.15) is 0 Å². The molecule has 2 aromatic carbocycles. The lowest BCUT2D eigenvalue weighted by Crippen LogP contribution is -2.38. The Kier molecular flexibility index (Phi) is 4.44. The highest BCUT2D eigenvalue weighted by atomic mass is 16.7. The third-order valence-electron chi connectivity index (χ3n) is 6.04. The van der Waals surface area contributed by atoms with Gasteiger partial charge in [-0.15, -0.1) is 0 Å². The van der Waals surface area contributed by atoms with Gasteiger partial charge in [-0.25, -0.2) is 0 Å². The molecule has 5 nitrogen and oxygen atoms in total. The molecule has 1 fully saturated rings. The predicted octanol–water partition coefficient (Wildman–Crippen LogP) is 3.53. The number of carboxylic acids is 1. The number of ether oxygens (including phenoxy) is 2. The van der Waals surface area contributed by atoms with Gasteiger partial charge in [0.05, 0.1) is 0 Å². The van der Waals surface area contributed by atoms with Crippen LogP contribution in [0, 0.1) is 11.8 Å². The van der Waals surface area contributed by atoms with E-state index in [-0.39, 0.29) is 18.6 Å². The molecule has 29 heavy (non-hydrogen) atoms. The van der Waals surface area contributed by atoms with Crippen LogP contribution in [0.1, 0.15) is 47.9 Å². The molecular formula is C24H23NO4. The van der Waals surface area contributed by atoms with Crippen LogP contribution in [0.15, 0.2) is 36.4 Å². The molecule has 0 aromatic heterocycles. The second-order valence-corrected chi connectivity index (χ2v) is 8.18. The Hall–Kier alpha value is -2.97. The van der Waals surface area contributed by atoms with Gasteiger partial charge in [0, 0.05) is 36.1 Å². The molecule has 3 aliphatic rings. The van der Waals surface area contributed by atoms with Gasteiger partial charge >= 0.3 is 5.97 Å². The van der Waals surface area contributed by atoms with E-state index in [2.05, 4.69) is 34.9 Å². The molecule has 1 saturated carbocycles. The highest BCUT2D eigenvalue weighted by Crippen LogP contribution is 2.52. The lowest BCUT2D eigenvalue weighted by atomic mass is 9.85. The molecule has 1 N–H and O–H groups in total. The van der Waals surface area contributed by atoms with Crippen LogP contribution in [-0.2, 0) is 16.8 Å². The van der Waals surface area contributed by atoms with Crippen molar-refractivity contribution in [3.8, 4) is 23.3 Å². The van der Waals surface area contributed by atoms with Crippen LogP contribution in [0.25, 0.3) is 0 Å². The second kappa shape index (κ2) is 7.13. The molecule has 0 amide bonds. The quantitative estimate of drug-likeness (QED) is 0.811. The number of rotatable bonds is 4. The summed E-state index contributed by atoms with van der Waals surface area (Å²) in [5, 5.41) is 8.88. The second-order valence-electron chi connectivity index (χ2n) is 8.18. The van der Waals surface area contributed by atoms with Gasteiger partial charge in [0.15, 0.2) is 11.5 Å². The number of fused-ring (bicyclic) bond motifs is 3. The normalized spacial score (nSPS) is 18.1. The summed E-state index contributed by atoms with van der Waals surface area (Å²) in [6.45, 7) is 3.04. The summed E-state index contributed by atoms with van der Waals surface area (Å²) in [6, 6.07) is 12.3. The zero-order chi connectivity index (χ0) is 19.8. The van der Waals surface area contributed by atoms with E-state index in [1.54, 1.807) is 0 Å². The SMILES string of the molecule is O=C(O)CCCN1Cc2ccc(C#Cc3ccc4c(c3)OCO4)cc2C2(CC2)C1. The summed E-state index contributed by atoms with van der Waals surface area (Å²) in [7, 11) is 0. The van der Waals surface area contributed by atoms with Crippen LogP contribution in [0.3, 0.4) is 0 Å². The maximum atomic E-state index is 10.8. The maximum Gasteiger partial charge on any atom is 0.303 e. The largest absolute Gasteiger partial charge is 0.481 e. The number of hydrogen-bond donors (Lipinski definition) is 1. The van der Waals surface area contributed by atoms with Crippen LogP contribution < -0.4 is 9.47 Å². The van der Waals surface area contributed by atoms with Crippen LogP contribution in [0.5, 0.6) is 11.5 Å². The molecule has 0 radical (unpaired) electrons. The van der Waals surface area contributed by atoms with Crippen molar-refractivity contribution >= 4 is 5.97 Å². The minimum Gasteiger partial charge on any atom is -0.481 e. The molecule has 0 saturated heterocycles. The van der Waals surface area contributed by atoms with E-state index in [0.29, 0.717) is 6.42 Å². The molecule has 0 atom stereocenters. The van der Waals surface area contributed by atoms with E-state index in [4.69, 9.17) is 14.6 Å². The van der Waals surface area contributed by atoms with Crippen molar-refractivity contribution in [1.82, 2.24) is 4.90 Å². The Bertz CT molecular complexity index is 1030. The van der Waals surface area contributed by atoms with Crippen LogP contribution in [0.2, 0.25) is 0 Å². The predicted molar refractivity (Wildman–Crippen MR) is 108 cm³/mol. The first-order valence-electron chi connectivity index (χ1n) is 10.1. The van der Waals surface area contributed by atoms with Crippen molar-refractivity contribution in [3.63, 3.8) is 0 Å². The first-order valence-corrected chi connectivity index (χ1v) is 10.1. The lowest BCUT2D eigenvalue weighted by Gasteiger charge is -2.35. The molecule has 2 aromatic rings. The smallest absolute Gasteiger partial charge is 0.303 e. The van der Waals surface area contributed by atoms with Crippen molar-refractivity contribution in [2.45, 2.75) is 37.6 Å². The number of aliphatic carboxylic acids is 1. The fraction of sp³-hybridized carbons (Fsp3) is 0.375.